The highest BCUT2D eigenvalue weighted by Crippen LogP contribution is 2.14. The summed E-state index contributed by atoms with van der Waals surface area (Å²) in [6.07, 6.45) is 1.80. The second kappa shape index (κ2) is 8.36. The van der Waals surface area contributed by atoms with Gasteiger partial charge in [-0.3, -0.25) is 4.68 Å². The standard InChI is InChI=1S/C18H27N5/c1-5-19-18(21-13-17-10-11-22-23(17)4)20-12-15(3)16-8-6-14(2)7-9-16/h6-11,15H,5,12-13H2,1-4H3,(H2,19,20,21). The van der Waals surface area contributed by atoms with E-state index in [0.717, 1.165) is 24.7 Å². The third-order valence-corrected chi connectivity index (χ3v) is 3.89. The van der Waals surface area contributed by atoms with E-state index in [1.54, 1.807) is 6.20 Å². The van der Waals surface area contributed by atoms with Crippen molar-refractivity contribution in [3.63, 3.8) is 0 Å². The Kier molecular flexibility index (Phi) is 6.20. The molecule has 0 bridgehead atoms. The quantitative estimate of drug-likeness (QED) is 0.636. The van der Waals surface area contributed by atoms with Crippen LogP contribution in [0.3, 0.4) is 0 Å². The third-order valence-electron chi connectivity index (χ3n) is 3.89. The van der Waals surface area contributed by atoms with Gasteiger partial charge in [-0.15, -0.1) is 0 Å². The number of guanidine groups is 1. The lowest BCUT2D eigenvalue weighted by atomic mass is 10.0. The monoisotopic (exact) mass is 313 g/mol. The highest BCUT2D eigenvalue weighted by molar-refractivity contribution is 5.79. The Labute approximate surface area is 138 Å². The maximum absolute atomic E-state index is 4.63. The highest BCUT2D eigenvalue weighted by atomic mass is 15.3. The van der Waals surface area contributed by atoms with Crippen LogP contribution in [0.1, 0.15) is 36.6 Å². The van der Waals surface area contributed by atoms with Crippen LogP contribution in [0.25, 0.3) is 0 Å². The van der Waals surface area contributed by atoms with Crippen molar-refractivity contribution in [2.45, 2.75) is 33.2 Å². The van der Waals surface area contributed by atoms with Crippen LogP contribution < -0.4 is 10.6 Å². The molecule has 0 spiro atoms. The molecule has 2 N–H and O–H groups in total. The number of rotatable bonds is 6. The van der Waals surface area contributed by atoms with Gasteiger partial charge in [0.25, 0.3) is 0 Å². The zero-order chi connectivity index (χ0) is 16.7. The average Bonchev–Trinajstić information content (AvgIpc) is 2.95. The van der Waals surface area contributed by atoms with Gasteiger partial charge >= 0.3 is 0 Å². The molecular weight excluding hydrogens is 286 g/mol. The van der Waals surface area contributed by atoms with E-state index < -0.39 is 0 Å². The van der Waals surface area contributed by atoms with Gasteiger partial charge in [0, 0.05) is 26.3 Å². The van der Waals surface area contributed by atoms with Gasteiger partial charge in [0.1, 0.15) is 0 Å². The van der Waals surface area contributed by atoms with E-state index in [0.29, 0.717) is 12.5 Å². The molecule has 23 heavy (non-hydrogen) atoms. The van der Waals surface area contributed by atoms with Gasteiger partial charge < -0.3 is 10.6 Å². The Morgan fingerprint density at radius 1 is 1.22 bits per heavy atom. The molecule has 124 valence electrons. The summed E-state index contributed by atoms with van der Waals surface area (Å²) in [5, 5.41) is 10.9. The summed E-state index contributed by atoms with van der Waals surface area (Å²) in [6.45, 7) is 8.72. The molecule has 1 heterocycles. The first-order valence-electron chi connectivity index (χ1n) is 8.15. The zero-order valence-electron chi connectivity index (χ0n) is 14.5. The van der Waals surface area contributed by atoms with Crippen LogP contribution >= 0.6 is 0 Å². The molecule has 0 radical (unpaired) electrons. The molecule has 0 aliphatic rings. The molecule has 5 nitrogen and oxygen atoms in total. The highest BCUT2D eigenvalue weighted by Gasteiger charge is 2.07. The predicted octanol–water partition coefficient (Wildman–Crippen LogP) is 2.59. The molecule has 0 saturated heterocycles. The summed E-state index contributed by atoms with van der Waals surface area (Å²) < 4.78 is 1.85. The van der Waals surface area contributed by atoms with Gasteiger partial charge in [-0.2, -0.15) is 5.10 Å². The summed E-state index contributed by atoms with van der Waals surface area (Å²) in [6, 6.07) is 10.7. The molecule has 0 saturated carbocycles. The number of aromatic nitrogens is 2. The van der Waals surface area contributed by atoms with Crippen LogP contribution in [0.4, 0.5) is 0 Å². The number of benzene rings is 1. The normalized spacial score (nSPS) is 13.0. The van der Waals surface area contributed by atoms with Crippen molar-refractivity contribution in [1.82, 2.24) is 20.4 Å². The first kappa shape index (κ1) is 17.1. The molecule has 0 amide bonds. The Balaban J connectivity index is 1.93. The molecule has 1 aromatic heterocycles. The first-order valence-corrected chi connectivity index (χ1v) is 8.15. The van der Waals surface area contributed by atoms with Gasteiger partial charge in [-0.25, -0.2) is 4.99 Å². The van der Waals surface area contributed by atoms with Crippen LogP contribution in [0.15, 0.2) is 41.5 Å². The minimum absolute atomic E-state index is 0.427. The van der Waals surface area contributed by atoms with Crippen molar-refractivity contribution >= 4 is 5.96 Å². The first-order chi connectivity index (χ1) is 11.1. The number of aryl methyl sites for hydroxylation is 2. The lowest BCUT2D eigenvalue weighted by Gasteiger charge is -2.16. The number of nitrogens with zero attached hydrogens (tertiary/aromatic N) is 3. The Bertz CT molecular complexity index is 627. The second-order valence-corrected chi connectivity index (χ2v) is 5.83. The number of nitrogens with one attached hydrogen (secondary N) is 2. The molecule has 0 fully saturated rings. The maximum Gasteiger partial charge on any atom is 0.191 e. The van der Waals surface area contributed by atoms with E-state index in [2.05, 4.69) is 65.8 Å². The van der Waals surface area contributed by atoms with Crippen LogP contribution in [-0.4, -0.2) is 28.8 Å². The van der Waals surface area contributed by atoms with Crippen molar-refractivity contribution in [3.05, 3.63) is 53.3 Å². The van der Waals surface area contributed by atoms with Crippen molar-refractivity contribution in [1.29, 1.82) is 0 Å². The van der Waals surface area contributed by atoms with Crippen molar-refractivity contribution < 1.29 is 0 Å². The van der Waals surface area contributed by atoms with Crippen molar-refractivity contribution in [2.24, 2.45) is 12.0 Å². The molecule has 0 aliphatic heterocycles. The summed E-state index contributed by atoms with van der Waals surface area (Å²) in [5.74, 6) is 1.27. The number of hydrogen-bond donors (Lipinski definition) is 2. The van der Waals surface area contributed by atoms with E-state index in [1.165, 1.54) is 11.1 Å². The smallest absolute Gasteiger partial charge is 0.191 e. The Morgan fingerprint density at radius 3 is 2.57 bits per heavy atom. The lowest BCUT2D eigenvalue weighted by Crippen LogP contribution is -2.39. The van der Waals surface area contributed by atoms with E-state index in [4.69, 9.17) is 0 Å². The SMILES string of the molecule is CCNC(=NCc1ccnn1C)NCC(C)c1ccc(C)cc1. The van der Waals surface area contributed by atoms with Crippen molar-refractivity contribution in [2.75, 3.05) is 13.1 Å². The minimum atomic E-state index is 0.427. The zero-order valence-corrected chi connectivity index (χ0v) is 14.5. The molecule has 5 heteroatoms. The molecule has 2 aromatic rings. The molecule has 1 atom stereocenters. The lowest BCUT2D eigenvalue weighted by molar-refractivity contribution is 0.688. The van der Waals surface area contributed by atoms with Crippen LogP contribution in [0.2, 0.25) is 0 Å². The fourth-order valence-electron chi connectivity index (χ4n) is 2.32. The maximum atomic E-state index is 4.63. The Morgan fingerprint density at radius 2 is 1.96 bits per heavy atom. The van der Waals surface area contributed by atoms with E-state index in [1.807, 2.05) is 17.8 Å². The van der Waals surface area contributed by atoms with E-state index in [-0.39, 0.29) is 0 Å². The fourth-order valence-corrected chi connectivity index (χ4v) is 2.32. The summed E-state index contributed by atoms with van der Waals surface area (Å²) >= 11 is 0. The average molecular weight is 313 g/mol. The van der Waals surface area contributed by atoms with E-state index in [9.17, 15) is 0 Å². The molecular formula is C18H27N5. The fraction of sp³-hybridized carbons (Fsp3) is 0.444. The second-order valence-electron chi connectivity index (χ2n) is 5.83. The topological polar surface area (TPSA) is 54.2 Å². The van der Waals surface area contributed by atoms with Crippen LogP contribution in [-0.2, 0) is 13.6 Å². The van der Waals surface area contributed by atoms with Crippen molar-refractivity contribution in [3.8, 4) is 0 Å². The molecule has 0 aliphatic carbocycles. The molecule has 1 aromatic carbocycles. The van der Waals surface area contributed by atoms with Gasteiger partial charge in [0.15, 0.2) is 5.96 Å². The predicted molar refractivity (Wildman–Crippen MR) is 95.6 cm³/mol. The van der Waals surface area contributed by atoms with Gasteiger partial charge in [0.2, 0.25) is 0 Å². The molecule has 1 unspecified atom stereocenters. The molecule has 2 rings (SSSR count). The van der Waals surface area contributed by atoms with Crippen LogP contribution in [0, 0.1) is 6.92 Å². The summed E-state index contributed by atoms with van der Waals surface area (Å²) in [5.41, 5.74) is 3.72. The minimum Gasteiger partial charge on any atom is -0.357 e. The Hall–Kier alpha value is -2.30. The third kappa shape index (κ3) is 5.13. The number of aliphatic imine (C=N–C) groups is 1. The van der Waals surface area contributed by atoms with Gasteiger partial charge in [0.05, 0.1) is 12.2 Å². The largest absolute Gasteiger partial charge is 0.357 e. The van der Waals surface area contributed by atoms with E-state index >= 15 is 0 Å². The van der Waals surface area contributed by atoms with Gasteiger partial charge in [-0.05, 0) is 31.4 Å². The van der Waals surface area contributed by atoms with Gasteiger partial charge in [-0.1, -0.05) is 36.8 Å². The summed E-state index contributed by atoms with van der Waals surface area (Å²) in [7, 11) is 1.94. The van der Waals surface area contributed by atoms with Crippen LogP contribution in [0.5, 0.6) is 0 Å². The number of hydrogen-bond acceptors (Lipinski definition) is 2. The summed E-state index contributed by atoms with van der Waals surface area (Å²) in [4.78, 5) is 4.63.